The second-order valence-electron chi connectivity index (χ2n) is 9.80. The van der Waals surface area contributed by atoms with Crippen molar-refractivity contribution < 1.29 is 13.7 Å². The first kappa shape index (κ1) is 22.0. The number of fused-ring (bicyclic) bond motifs is 1. The largest absolute Gasteiger partial charge is 0.421 e. The van der Waals surface area contributed by atoms with Crippen molar-refractivity contribution in [3.8, 4) is 11.8 Å². The van der Waals surface area contributed by atoms with Crippen molar-refractivity contribution in [3.05, 3.63) is 52.5 Å². The molecule has 0 spiro atoms. The summed E-state index contributed by atoms with van der Waals surface area (Å²) in [6, 6.07) is 7.14. The molecule has 3 aliphatic rings. The summed E-state index contributed by atoms with van der Waals surface area (Å²) in [5.74, 6) is 1.92. The highest BCUT2D eigenvalue weighted by molar-refractivity contribution is 5.65. The zero-order valence-electron chi connectivity index (χ0n) is 20.1. The van der Waals surface area contributed by atoms with E-state index in [1.54, 1.807) is 6.07 Å². The van der Waals surface area contributed by atoms with Crippen LogP contribution in [0.25, 0.3) is 6.08 Å². The van der Waals surface area contributed by atoms with Gasteiger partial charge in [-0.05, 0) is 56.5 Å². The van der Waals surface area contributed by atoms with E-state index in [1.165, 1.54) is 18.1 Å². The van der Waals surface area contributed by atoms with Gasteiger partial charge in [0.25, 0.3) is 0 Å². The second-order valence-corrected chi connectivity index (χ2v) is 9.80. The van der Waals surface area contributed by atoms with Crippen LogP contribution in [-0.4, -0.2) is 53.3 Å². The Kier molecular flexibility index (Phi) is 5.64. The van der Waals surface area contributed by atoms with Gasteiger partial charge in [0.15, 0.2) is 11.6 Å². The van der Waals surface area contributed by atoms with E-state index in [1.807, 2.05) is 19.1 Å². The summed E-state index contributed by atoms with van der Waals surface area (Å²) >= 11 is 0. The zero-order valence-corrected chi connectivity index (χ0v) is 20.1. The number of aromatic nitrogens is 3. The first-order valence-electron chi connectivity index (χ1n) is 12.2. The first-order chi connectivity index (χ1) is 17.0. The first-order valence-corrected chi connectivity index (χ1v) is 12.2. The van der Waals surface area contributed by atoms with Crippen LogP contribution >= 0.6 is 0 Å². The minimum Gasteiger partial charge on any atom is -0.421 e. The highest BCUT2D eigenvalue weighted by Crippen LogP contribution is 2.37. The predicted molar refractivity (Wildman–Crippen MR) is 132 cm³/mol. The maximum atomic E-state index is 14.9. The third kappa shape index (κ3) is 4.60. The lowest BCUT2D eigenvalue weighted by Crippen LogP contribution is -2.44. The van der Waals surface area contributed by atoms with Crippen LogP contribution in [0.2, 0.25) is 0 Å². The van der Waals surface area contributed by atoms with Crippen molar-refractivity contribution >= 4 is 23.6 Å². The maximum absolute atomic E-state index is 14.9. The van der Waals surface area contributed by atoms with Crippen LogP contribution < -0.4 is 15.0 Å². The molecule has 0 atom stereocenters. The van der Waals surface area contributed by atoms with E-state index in [-0.39, 0.29) is 11.8 Å². The molecule has 0 unspecified atom stereocenters. The highest BCUT2D eigenvalue weighted by Gasteiger charge is 2.24. The Labute approximate surface area is 203 Å². The van der Waals surface area contributed by atoms with E-state index in [0.717, 1.165) is 68.1 Å². The monoisotopic (exact) mass is 476 g/mol. The summed E-state index contributed by atoms with van der Waals surface area (Å²) in [5, 5.41) is 7.42. The molecule has 3 heterocycles. The van der Waals surface area contributed by atoms with Gasteiger partial charge in [-0.25, -0.2) is 4.39 Å². The molecule has 2 aliphatic carbocycles. The van der Waals surface area contributed by atoms with Gasteiger partial charge in [0.2, 0.25) is 5.88 Å². The summed E-state index contributed by atoms with van der Waals surface area (Å²) in [7, 11) is 2.11. The highest BCUT2D eigenvalue weighted by atomic mass is 19.1. The Morgan fingerprint density at radius 2 is 1.91 bits per heavy atom. The van der Waals surface area contributed by atoms with E-state index < -0.39 is 5.82 Å². The molecular formula is C26H29FN6O2. The molecule has 1 saturated carbocycles. The molecule has 8 nitrogen and oxygen atoms in total. The normalized spacial score (nSPS) is 18.3. The molecule has 182 valence electrons. The molecule has 2 aromatic heterocycles. The average Bonchev–Trinajstić information content (AvgIpc) is 3.38. The molecule has 9 heteroatoms. The van der Waals surface area contributed by atoms with E-state index in [4.69, 9.17) is 9.26 Å². The minimum atomic E-state index is -0.421. The van der Waals surface area contributed by atoms with E-state index in [2.05, 4.69) is 43.4 Å². The number of benzene rings is 1. The number of likely N-dealkylation sites (N-methyl/N-ethyl adjacent to an activating group) is 1. The van der Waals surface area contributed by atoms with Gasteiger partial charge in [0.1, 0.15) is 11.6 Å². The van der Waals surface area contributed by atoms with Crippen LogP contribution in [0.5, 0.6) is 11.8 Å². The third-order valence-electron chi connectivity index (χ3n) is 7.09. The fourth-order valence-electron chi connectivity index (χ4n) is 4.78. The smallest absolute Gasteiger partial charge is 0.326 e. The van der Waals surface area contributed by atoms with Crippen LogP contribution in [0.4, 0.5) is 21.9 Å². The number of hydrogen-bond acceptors (Lipinski definition) is 8. The fourth-order valence-corrected chi connectivity index (χ4v) is 4.78. The van der Waals surface area contributed by atoms with Gasteiger partial charge in [-0.1, -0.05) is 23.2 Å². The molecule has 1 saturated heterocycles. The van der Waals surface area contributed by atoms with E-state index in [0.29, 0.717) is 17.6 Å². The van der Waals surface area contributed by atoms with E-state index in [9.17, 15) is 4.39 Å². The molecule has 0 radical (unpaired) electrons. The number of nitrogens with one attached hydrogen (secondary N) is 1. The Bertz CT molecular complexity index is 1280. The van der Waals surface area contributed by atoms with Gasteiger partial charge in [0, 0.05) is 44.2 Å². The molecule has 3 aromatic rings. The molecule has 1 aromatic carbocycles. The summed E-state index contributed by atoms with van der Waals surface area (Å²) < 4.78 is 26.3. The number of hydrogen-bond donors (Lipinski definition) is 1. The van der Waals surface area contributed by atoms with Gasteiger partial charge < -0.3 is 24.4 Å². The Balaban J connectivity index is 1.30. The standard InChI is InChI=1S/C26H29FN6O2/c1-16-10-18-12-20(27)22(13-19(18)11-16)34-26-29-23(15-24(30-26)33-8-6-32(2)7-9-33)28-25-14-21(31-35-25)17-4-3-5-17/h11-15,17H,3-10H2,1-2H3,(H,28,29,30). The predicted octanol–water partition coefficient (Wildman–Crippen LogP) is 5.12. The Morgan fingerprint density at radius 1 is 1.09 bits per heavy atom. The van der Waals surface area contributed by atoms with Gasteiger partial charge in [-0.15, -0.1) is 0 Å². The SMILES string of the molecule is CC1=Cc2cc(Oc3nc(Nc4cc(C5CCC5)no4)cc(N4CCN(C)CC4)n3)c(F)cc2C1. The van der Waals surface area contributed by atoms with Crippen LogP contribution in [-0.2, 0) is 6.42 Å². The Morgan fingerprint density at radius 3 is 2.69 bits per heavy atom. The molecule has 1 aliphatic heterocycles. The molecular weight excluding hydrogens is 447 g/mol. The third-order valence-corrected chi connectivity index (χ3v) is 7.09. The van der Waals surface area contributed by atoms with Gasteiger partial charge >= 0.3 is 6.01 Å². The topological polar surface area (TPSA) is 79.5 Å². The summed E-state index contributed by atoms with van der Waals surface area (Å²) in [4.78, 5) is 13.6. The lowest BCUT2D eigenvalue weighted by atomic mass is 9.83. The van der Waals surface area contributed by atoms with Gasteiger partial charge in [0.05, 0.1) is 5.69 Å². The molecule has 35 heavy (non-hydrogen) atoms. The molecule has 6 rings (SSSR count). The minimum absolute atomic E-state index is 0.0835. The number of anilines is 3. The number of halogens is 1. The van der Waals surface area contributed by atoms with Crippen molar-refractivity contribution in [1.29, 1.82) is 0 Å². The molecule has 0 amide bonds. The number of rotatable bonds is 6. The summed E-state index contributed by atoms with van der Waals surface area (Å²) in [6.45, 7) is 5.57. The number of ether oxygens (including phenoxy) is 1. The number of piperazine rings is 1. The molecule has 2 fully saturated rings. The van der Waals surface area contributed by atoms with Gasteiger partial charge in [-0.2, -0.15) is 9.97 Å². The fraction of sp³-hybridized carbons (Fsp3) is 0.423. The average molecular weight is 477 g/mol. The second kappa shape index (κ2) is 8.96. The molecule has 1 N–H and O–H groups in total. The quantitative estimate of drug-likeness (QED) is 0.525. The van der Waals surface area contributed by atoms with Crippen LogP contribution in [0, 0.1) is 5.82 Å². The lowest BCUT2D eigenvalue weighted by Gasteiger charge is -2.33. The van der Waals surface area contributed by atoms with Gasteiger partial charge in [-0.3, -0.25) is 0 Å². The lowest BCUT2D eigenvalue weighted by molar-refractivity contribution is 0.311. The summed E-state index contributed by atoms with van der Waals surface area (Å²) in [6.07, 6.45) is 6.34. The van der Waals surface area contributed by atoms with Crippen LogP contribution in [0.15, 0.2) is 34.4 Å². The van der Waals surface area contributed by atoms with Crippen LogP contribution in [0.3, 0.4) is 0 Å². The molecule has 0 bridgehead atoms. The van der Waals surface area contributed by atoms with Crippen molar-refractivity contribution in [2.24, 2.45) is 0 Å². The van der Waals surface area contributed by atoms with E-state index >= 15 is 0 Å². The summed E-state index contributed by atoms with van der Waals surface area (Å²) in [5.41, 5.74) is 4.10. The number of nitrogens with zero attached hydrogens (tertiary/aromatic N) is 5. The van der Waals surface area contributed by atoms with Crippen molar-refractivity contribution in [2.75, 3.05) is 43.4 Å². The Hall–Kier alpha value is -3.46. The number of allylic oxidation sites excluding steroid dienone is 1. The van der Waals surface area contributed by atoms with Crippen molar-refractivity contribution in [1.82, 2.24) is 20.0 Å². The van der Waals surface area contributed by atoms with Crippen LogP contribution in [0.1, 0.15) is 48.9 Å². The van der Waals surface area contributed by atoms with Crippen molar-refractivity contribution in [2.45, 2.75) is 38.5 Å². The maximum Gasteiger partial charge on any atom is 0.326 e. The van der Waals surface area contributed by atoms with Crippen molar-refractivity contribution in [3.63, 3.8) is 0 Å². The zero-order chi connectivity index (χ0) is 23.9.